The molecule has 0 bridgehead atoms. The smallest absolute Gasteiger partial charge is 0.305 e. The molecule has 0 radical (unpaired) electrons. The number of ether oxygens (including phenoxy) is 1. The molecule has 0 aromatic carbocycles. The molecule has 49 heavy (non-hydrogen) atoms. The first-order valence-electron chi connectivity index (χ1n) is 21.1. The highest BCUT2D eigenvalue weighted by Gasteiger charge is 2.17. The van der Waals surface area contributed by atoms with E-state index in [9.17, 15) is 19.8 Å². The van der Waals surface area contributed by atoms with Crippen LogP contribution in [0, 0.1) is 0 Å². The predicted octanol–water partition coefficient (Wildman–Crippen LogP) is 11.6. The number of amides is 1. The third kappa shape index (κ3) is 36.0. The number of allylic oxidation sites excluding steroid dienone is 3. The summed E-state index contributed by atoms with van der Waals surface area (Å²) in [4.78, 5) is 24.3. The molecule has 6 nitrogen and oxygen atoms in total. The summed E-state index contributed by atoms with van der Waals surface area (Å²) in [6.45, 7) is 4.76. The molecule has 0 saturated carbocycles. The number of carbonyl (C=O) groups excluding carboxylic acids is 2. The lowest BCUT2D eigenvalue weighted by atomic mass is 10.0. The Bertz CT molecular complexity index is 767. The fourth-order valence-corrected chi connectivity index (χ4v) is 6.15. The lowest BCUT2D eigenvalue weighted by molar-refractivity contribution is -0.143. The van der Waals surface area contributed by atoms with Gasteiger partial charge in [0, 0.05) is 12.8 Å². The number of aliphatic hydroxyl groups excluding tert-OH is 2. The molecule has 1 amide bonds. The summed E-state index contributed by atoms with van der Waals surface area (Å²) in [6, 6.07) is -0.649. The van der Waals surface area contributed by atoms with E-state index >= 15 is 0 Å². The van der Waals surface area contributed by atoms with Crippen molar-refractivity contribution in [2.75, 3.05) is 13.2 Å². The third-order valence-corrected chi connectivity index (χ3v) is 9.47. The van der Waals surface area contributed by atoms with E-state index in [2.05, 4.69) is 31.3 Å². The van der Waals surface area contributed by atoms with Crippen LogP contribution >= 0.6 is 0 Å². The Balaban J connectivity index is 3.56. The van der Waals surface area contributed by atoms with Crippen LogP contribution < -0.4 is 5.32 Å². The minimum absolute atomic E-state index is 0.0385. The number of carbonyl (C=O) groups is 2. The molecule has 0 aromatic heterocycles. The number of esters is 1. The molecule has 2 unspecified atom stereocenters. The molecule has 0 heterocycles. The summed E-state index contributed by atoms with van der Waals surface area (Å²) in [7, 11) is 0. The van der Waals surface area contributed by atoms with Crippen molar-refractivity contribution in [1.82, 2.24) is 5.32 Å². The van der Waals surface area contributed by atoms with Gasteiger partial charge >= 0.3 is 5.97 Å². The van der Waals surface area contributed by atoms with Gasteiger partial charge in [0.1, 0.15) is 0 Å². The van der Waals surface area contributed by atoms with E-state index < -0.39 is 12.1 Å². The van der Waals surface area contributed by atoms with Crippen molar-refractivity contribution in [3.8, 4) is 0 Å². The minimum Gasteiger partial charge on any atom is -0.466 e. The molecule has 2 atom stereocenters. The Morgan fingerprint density at radius 3 is 1.45 bits per heavy atom. The Morgan fingerprint density at radius 1 is 0.551 bits per heavy atom. The van der Waals surface area contributed by atoms with Gasteiger partial charge in [-0.25, -0.2) is 0 Å². The van der Waals surface area contributed by atoms with E-state index in [1.807, 2.05) is 6.08 Å². The summed E-state index contributed by atoms with van der Waals surface area (Å²) in [5.41, 5.74) is 0. The van der Waals surface area contributed by atoms with Gasteiger partial charge in [-0.15, -0.1) is 0 Å². The molecule has 0 aromatic rings. The summed E-state index contributed by atoms with van der Waals surface area (Å²) >= 11 is 0. The maximum absolute atomic E-state index is 12.3. The summed E-state index contributed by atoms with van der Waals surface area (Å²) in [5.74, 6) is -0.146. The minimum atomic E-state index is -0.862. The Morgan fingerprint density at radius 2 is 0.959 bits per heavy atom. The number of unbranched alkanes of at least 4 members (excludes halogenated alkanes) is 25. The number of rotatable bonds is 38. The van der Waals surface area contributed by atoms with Crippen LogP contribution in [-0.2, 0) is 14.3 Å². The molecule has 0 spiro atoms. The van der Waals surface area contributed by atoms with Crippen LogP contribution in [0.25, 0.3) is 0 Å². The SMILES string of the molecule is CCCCCCCCC/C=C/C(O)C(CO)NC(=O)CCCCCC/C=C\CCCCOC(=O)CCCCCCCCCCCCCCC. The van der Waals surface area contributed by atoms with Crippen LogP contribution in [-0.4, -0.2) is 47.4 Å². The van der Waals surface area contributed by atoms with Crippen LogP contribution in [0.2, 0.25) is 0 Å². The zero-order valence-corrected chi connectivity index (χ0v) is 32.4. The normalized spacial score (nSPS) is 13.0. The Labute approximate surface area is 303 Å². The van der Waals surface area contributed by atoms with E-state index in [1.54, 1.807) is 6.08 Å². The molecule has 0 saturated heterocycles. The van der Waals surface area contributed by atoms with Gasteiger partial charge in [-0.1, -0.05) is 167 Å². The van der Waals surface area contributed by atoms with Crippen molar-refractivity contribution < 1.29 is 24.5 Å². The molecule has 288 valence electrons. The average Bonchev–Trinajstić information content (AvgIpc) is 3.10. The van der Waals surface area contributed by atoms with Crippen LogP contribution in [0.1, 0.15) is 213 Å². The monoisotopic (exact) mass is 692 g/mol. The van der Waals surface area contributed by atoms with E-state index in [0.29, 0.717) is 19.4 Å². The second-order valence-corrected chi connectivity index (χ2v) is 14.3. The van der Waals surface area contributed by atoms with Gasteiger partial charge in [0.15, 0.2) is 0 Å². The quantitative estimate of drug-likeness (QED) is 0.0340. The molecule has 0 rings (SSSR count). The first-order valence-corrected chi connectivity index (χ1v) is 21.1. The van der Waals surface area contributed by atoms with Gasteiger partial charge < -0.3 is 20.3 Å². The number of hydrogen-bond acceptors (Lipinski definition) is 5. The van der Waals surface area contributed by atoms with Gasteiger partial charge in [0.25, 0.3) is 0 Å². The van der Waals surface area contributed by atoms with Crippen molar-refractivity contribution in [2.45, 2.75) is 225 Å². The fraction of sp³-hybridized carbons (Fsp3) is 0.860. The first-order chi connectivity index (χ1) is 24.0. The van der Waals surface area contributed by atoms with Gasteiger partial charge in [-0.05, 0) is 57.8 Å². The van der Waals surface area contributed by atoms with Crippen molar-refractivity contribution in [3.63, 3.8) is 0 Å². The standard InChI is InChI=1S/C43H81NO5/c1-3-5-7-9-11-13-14-15-16-21-25-29-33-37-43(48)49-38-34-30-26-22-18-17-20-24-28-32-36-42(47)44-40(39-45)41(46)35-31-27-23-19-12-10-8-6-4-2/h18,22,31,35,40-41,45-46H,3-17,19-21,23-30,32-34,36-39H2,1-2H3,(H,44,47)/b22-18-,35-31+. The van der Waals surface area contributed by atoms with Crippen molar-refractivity contribution in [2.24, 2.45) is 0 Å². The highest BCUT2D eigenvalue weighted by Crippen LogP contribution is 2.14. The number of nitrogens with one attached hydrogen (secondary N) is 1. The first kappa shape index (κ1) is 47.3. The molecular weight excluding hydrogens is 610 g/mol. The molecule has 0 aliphatic rings. The zero-order valence-electron chi connectivity index (χ0n) is 32.4. The Hall–Kier alpha value is -1.66. The highest BCUT2D eigenvalue weighted by atomic mass is 16.5. The third-order valence-electron chi connectivity index (χ3n) is 9.47. The maximum atomic E-state index is 12.3. The van der Waals surface area contributed by atoms with E-state index in [1.165, 1.54) is 109 Å². The van der Waals surface area contributed by atoms with E-state index in [0.717, 1.165) is 77.0 Å². The summed E-state index contributed by atoms with van der Waals surface area (Å²) < 4.78 is 5.41. The van der Waals surface area contributed by atoms with Gasteiger partial charge in [0.2, 0.25) is 5.91 Å². The maximum Gasteiger partial charge on any atom is 0.305 e. The van der Waals surface area contributed by atoms with Crippen LogP contribution in [0.5, 0.6) is 0 Å². The summed E-state index contributed by atoms with van der Waals surface area (Å²) in [6.07, 6.45) is 43.1. The molecular formula is C43H81NO5. The zero-order chi connectivity index (χ0) is 35.9. The van der Waals surface area contributed by atoms with Crippen LogP contribution in [0.4, 0.5) is 0 Å². The van der Waals surface area contributed by atoms with Gasteiger partial charge in [-0.3, -0.25) is 9.59 Å². The van der Waals surface area contributed by atoms with Crippen LogP contribution in [0.15, 0.2) is 24.3 Å². The van der Waals surface area contributed by atoms with Gasteiger partial charge in [-0.2, -0.15) is 0 Å². The van der Waals surface area contributed by atoms with E-state index in [4.69, 9.17) is 4.74 Å². The highest BCUT2D eigenvalue weighted by molar-refractivity contribution is 5.76. The molecule has 0 aliphatic heterocycles. The number of aliphatic hydroxyl groups is 2. The van der Waals surface area contributed by atoms with Crippen LogP contribution in [0.3, 0.4) is 0 Å². The molecule has 6 heteroatoms. The summed E-state index contributed by atoms with van der Waals surface area (Å²) in [5, 5.41) is 22.8. The second kappa shape index (κ2) is 39.1. The predicted molar refractivity (Wildman–Crippen MR) is 209 cm³/mol. The molecule has 0 aliphatic carbocycles. The van der Waals surface area contributed by atoms with Crippen molar-refractivity contribution in [1.29, 1.82) is 0 Å². The topological polar surface area (TPSA) is 95.9 Å². The second-order valence-electron chi connectivity index (χ2n) is 14.3. The largest absolute Gasteiger partial charge is 0.466 e. The average molecular weight is 692 g/mol. The number of hydrogen-bond donors (Lipinski definition) is 3. The lowest BCUT2D eigenvalue weighted by Gasteiger charge is -2.20. The molecule has 0 fully saturated rings. The molecule has 3 N–H and O–H groups in total. The fourth-order valence-electron chi connectivity index (χ4n) is 6.15. The lowest BCUT2D eigenvalue weighted by Crippen LogP contribution is -2.45. The van der Waals surface area contributed by atoms with Crippen molar-refractivity contribution >= 4 is 11.9 Å². The van der Waals surface area contributed by atoms with E-state index in [-0.39, 0.29) is 18.5 Å². The van der Waals surface area contributed by atoms with Crippen molar-refractivity contribution in [3.05, 3.63) is 24.3 Å². The van der Waals surface area contributed by atoms with Gasteiger partial charge in [0.05, 0.1) is 25.4 Å². The Kier molecular flexibility index (Phi) is 37.8.